The number of hydrogen-bond donors (Lipinski definition) is 0. The van der Waals surface area contributed by atoms with Gasteiger partial charge in [-0.3, -0.25) is 0 Å². The maximum absolute atomic E-state index is 12.1. The Labute approximate surface area is 147 Å². The Morgan fingerprint density at radius 2 is 1.83 bits per heavy atom. The van der Waals surface area contributed by atoms with Gasteiger partial charge in [0.2, 0.25) is 0 Å². The minimum Gasteiger partial charge on any atom is -0.465 e. The van der Waals surface area contributed by atoms with Crippen LogP contribution in [0.2, 0.25) is 5.02 Å². The molecular formula is C18H24ClNO4. The van der Waals surface area contributed by atoms with Crippen molar-refractivity contribution in [2.45, 2.75) is 45.1 Å². The van der Waals surface area contributed by atoms with Crippen molar-refractivity contribution in [1.82, 2.24) is 4.90 Å². The Bertz CT molecular complexity index is 616. The van der Waals surface area contributed by atoms with Gasteiger partial charge in [-0.15, -0.1) is 0 Å². The van der Waals surface area contributed by atoms with Crippen molar-refractivity contribution < 1.29 is 19.1 Å². The van der Waals surface area contributed by atoms with Crippen LogP contribution in [0.5, 0.6) is 0 Å². The quantitative estimate of drug-likeness (QED) is 0.746. The van der Waals surface area contributed by atoms with Gasteiger partial charge in [0.05, 0.1) is 12.7 Å². The standard InChI is InChI=1S/C18H24ClNO4/c1-18(2,3)24-17(22)20-9-7-12(8-10-20)14-6-5-13(19)11-15(14)16(21)23-4/h5-6,11-12H,7-10H2,1-4H3. The number of ether oxygens (including phenoxy) is 2. The molecule has 1 amide bonds. The van der Waals surface area contributed by atoms with E-state index in [9.17, 15) is 9.59 Å². The summed E-state index contributed by atoms with van der Waals surface area (Å²) in [6, 6.07) is 5.30. The molecule has 0 aromatic heterocycles. The second-order valence-electron chi connectivity index (χ2n) is 6.96. The monoisotopic (exact) mass is 353 g/mol. The molecule has 1 aliphatic heterocycles. The van der Waals surface area contributed by atoms with E-state index < -0.39 is 5.60 Å². The minimum absolute atomic E-state index is 0.190. The fraction of sp³-hybridized carbons (Fsp3) is 0.556. The Balaban J connectivity index is 2.07. The number of halogens is 1. The molecule has 1 fully saturated rings. The molecule has 0 spiro atoms. The maximum atomic E-state index is 12.1. The van der Waals surface area contributed by atoms with E-state index in [1.165, 1.54) is 7.11 Å². The Morgan fingerprint density at radius 1 is 1.21 bits per heavy atom. The van der Waals surface area contributed by atoms with Crippen molar-refractivity contribution in [2.75, 3.05) is 20.2 Å². The van der Waals surface area contributed by atoms with Gasteiger partial charge in [-0.2, -0.15) is 0 Å². The summed E-state index contributed by atoms with van der Waals surface area (Å²) in [5.74, 6) is -0.197. The average molecular weight is 354 g/mol. The molecule has 0 bridgehead atoms. The Hall–Kier alpha value is -1.75. The van der Waals surface area contributed by atoms with Crippen LogP contribution in [-0.2, 0) is 9.47 Å². The topological polar surface area (TPSA) is 55.8 Å². The van der Waals surface area contributed by atoms with Crippen molar-refractivity contribution in [3.05, 3.63) is 34.3 Å². The van der Waals surface area contributed by atoms with E-state index in [4.69, 9.17) is 21.1 Å². The number of methoxy groups -OCH3 is 1. The third-order valence-corrected chi connectivity index (χ3v) is 4.24. The third kappa shape index (κ3) is 4.63. The number of carbonyl (C=O) groups excluding carboxylic acids is 2. The lowest BCUT2D eigenvalue weighted by atomic mass is 9.86. The van der Waals surface area contributed by atoms with Gasteiger partial charge < -0.3 is 14.4 Å². The first-order valence-corrected chi connectivity index (χ1v) is 8.45. The fourth-order valence-corrected chi connectivity index (χ4v) is 3.04. The molecule has 0 radical (unpaired) electrons. The third-order valence-electron chi connectivity index (χ3n) is 4.01. The first-order chi connectivity index (χ1) is 11.2. The normalized spacial score (nSPS) is 16.0. The van der Waals surface area contributed by atoms with Crippen LogP contribution in [0.15, 0.2) is 18.2 Å². The van der Waals surface area contributed by atoms with E-state index in [0.717, 1.165) is 18.4 Å². The number of benzene rings is 1. The minimum atomic E-state index is -0.498. The second-order valence-corrected chi connectivity index (χ2v) is 7.40. The molecular weight excluding hydrogens is 330 g/mol. The number of hydrogen-bond acceptors (Lipinski definition) is 4. The molecule has 2 rings (SSSR count). The molecule has 1 aromatic rings. The molecule has 1 heterocycles. The SMILES string of the molecule is COC(=O)c1cc(Cl)ccc1C1CCN(C(=O)OC(C)(C)C)CC1. The summed E-state index contributed by atoms with van der Waals surface area (Å²) in [4.78, 5) is 25.8. The zero-order valence-corrected chi connectivity index (χ0v) is 15.4. The Kier molecular flexibility index (Phi) is 5.75. The van der Waals surface area contributed by atoms with Gasteiger partial charge in [-0.05, 0) is 57.2 Å². The summed E-state index contributed by atoms with van der Waals surface area (Å²) in [6.07, 6.45) is 1.25. The molecule has 5 nitrogen and oxygen atoms in total. The van der Waals surface area contributed by atoms with Gasteiger partial charge in [0.25, 0.3) is 0 Å². The summed E-state index contributed by atoms with van der Waals surface area (Å²) in [6.45, 7) is 6.77. The van der Waals surface area contributed by atoms with Crippen LogP contribution in [0, 0.1) is 0 Å². The lowest BCUT2D eigenvalue weighted by Crippen LogP contribution is -2.41. The smallest absolute Gasteiger partial charge is 0.410 e. The molecule has 24 heavy (non-hydrogen) atoms. The van der Waals surface area contributed by atoms with Crippen LogP contribution < -0.4 is 0 Å². The zero-order chi connectivity index (χ0) is 17.9. The van der Waals surface area contributed by atoms with Crippen LogP contribution in [0.25, 0.3) is 0 Å². The van der Waals surface area contributed by atoms with Crippen molar-refractivity contribution >= 4 is 23.7 Å². The molecule has 0 saturated carbocycles. The van der Waals surface area contributed by atoms with E-state index in [1.54, 1.807) is 17.0 Å². The first kappa shape index (κ1) is 18.6. The summed E-state index contributed by atoms with van der Waals surface area (Å²) >= 11 is 6.01. The highest BCUT2D eigenvalue weighted by molar-refractivity contribution is 6.31. The van der Waals surface area contributed by atoms with E-state index in [0.29, 0.717) is 23.7 Å². The molecule has 1 saturated heterocycles. The van der Waals surface area contributed by atoms with Crippen LogP contribution in [0.3, 0.4) is 0 Å². The number of likely N-dealkylation sites (tertiary alicyclic amines) is 1. The molecule has 0 aliphatic carbocycles. The van der Waals surface area contributed by atoms with Crippen molar-refractivity contribution in [3.63, 3.8) is 0 Å². The van der Waals surface area contributed by atoms with Crippen LogP contribution in [-0.4, -0.2) is 42.8 Å². The number of esters is 1. The van der Waals surface area contributed by atoms with Crippen LogP contribution in [0.1, 0.15) is 55.5 Å². The van der Waals surface area contributed by atoms with E-state index in [2.05, 4.69) is 0 Å². The van der Waals surface area contributed by atoms with Crippen molar-refractivity contribution in [1.29, 1.82) is 0 Å². The second kappa shape index (κ2) is 7.43. The van der Waals surface area contributed by atoms with E-state index in [-0.39, 0.29) is 18.0 Å². The lowest BCUT2D eigenvalue weighted by Gasteiger charge is -2.34. The molecule has 1 aliphatic rings. The molecule has 6 heteroatoms. The largest absolute Gasteiger partial charge is 0.465 e. The van der Waals surface area contributed by atoms with Gasteiger partial charge in [0.15, 0.2) is 0 Å². The zero-order valence-electron chi connectivity index (χ0n) is 14.6. The highest BCUT2D eigenvalue weighted by Gasteiger charge is 2.29. The van der Waals surface area contributed by atoms with Gasteiger partial charge in [-0.1, -0.05) is 17.7 Å². The van der Waals surface area contributed by atoms with Gasteiger partial charge in [-0.25, -0.2) is 9.59 Å². The summed E-state index contributed by atoms with van der Waals surface area (Å²) in [7, 11) is 1.36. The highest BCUT2D eigenvalue weighted by atomic mass is 35.5. The number of amides is 1. The molecule has 1 aromatic carbocycles. The number of rotatable bonds is 2. The van der Waals surface area contributed by atoms with Gasteiger partial charge in [0, 0.05) is 18.1 Å². The number of carbonyl (C=O) groups is 2. The molecule has 132 valence electrons. The van der Waals surface area contributed by atoms with E-state index >= 15 is 0 Å². The maximum Gasteiger partial charge on any atom is 0.410 e. The first-order valence-electron chi connectivity index (χ1n) is 8.07. The summed E-state index contributed by atoms with van der Waals surface area (Å²) < 4.78 is 10.3. The molecule has 0 N–H and O–H groups in total. The van der Waals surface area contributed by atoms with Crippen molar-refractivity contribution in [3.8, 4) is 0 Å². The average Bonchev–Trinajstić information content (AvgIpc) is 2.52. The Morgan fingerprint density at radius 3 is 2.38 bits per heavy atom. The molecule has 0 atom stereocenters. The molecule has 0 unspecified atom stereocenters. The van der Waals surface area contributed by atoms with Crippen molar-refractivity contribution in [2.24, 2.45) is 0 Å². The number of piperidine rings is 1. The summed E-state index contributed by atoms with van der Waals surface area (Å²) in [5.41, 5.74) is 0.929. The lowest BCUT2D eigenvalue weighted by molar-refractivity contribution is 0.0203. The van der Waals surface area contributed by atoms with Crippen LogP contribution >= 0.6 is 11.6 Å². The van der Waals surface area contributed by atoms with Gasteiger partial charge >= 0.3 is 12.1 Å². The van der Waals surface area contributed by atoms with E-state index in [1.807, 2.05) is 26.8 Å². The number of nitrogens with zero attached hydrogens (tertiary/aromatic N) is 1. The fourth-order valence-electron chi connectivity index (χ4n) is 2.87. The summed E-state index contributed by atoms with van der Waals surface area (Å²) in [5, 5.41) is 0.505. The highest BCUT2D eigenvalue weighted by Crippen LogP contribution is 2.32. The van der Waals surface area contributed by atoms with Gasteiger partial charge in [0.1, 0.15) is 5.60 Å². The van der Waals surface area contributed by atoms with Crippen LogP contribution in [0.4, 0.5) is 4.79 Å². The predicted molar refractivity (Wildman–Crippen MR) is 92.6 cm³/mol. The predicted octanol–water partition coefficient (Wildman–Crippen LogP) is 4.24.